The maximum absolute atomic E-state index is 12.6. The summed E-state index contributed by atoms with van der Waals surface area (Å²) in [5.74, 6) is 1.18. The number of nitrogens with zero attached hydrogens (tertiary/aromatic N) is 2. The van der Waals surface area contributed by atoms with E-state index in [4.69, 9.17) is 9.47 Å². The molecule has 0 aliphatic rings. The molecule has 8 heteroatoms. The third-order valence-electron chi connectivity index (χ3n) is 3.74. The number of hydrogen-bond donors (Lipinski definition) is 0. The Morgan fingerprint density at radius 2 is 1.72 bits per heavy atom. The molecule has 0 saturated carbocycles. The molecule has 0 bridgehead atoms. The molecule has 0 aliphatic heterocycles. The van der Waals surface area contributed by atoms with Gasteiger partial charge in [0.1, 0.15) is 0 Å². The third-order valence-corrected chi connectivity index (χ3v) is 6.18. The van der Waals surface area contributed by atoms with E-state index in [1.165, 1.54) is 23.5 Å². The van der Waals surface area contributed by atoms with Gasteiger partial charge in [-0.2, -0.15) is 8.42 Å². The van der Waals surface area contributed by atoms with Gasteiger partial charge in [-0.3, -0.25) is 0 Å². The zero-order chi connectivity index (χ0) is 18.0. The molecule has 6 nitrogen and oxygen atoms in total. The molecule has 3 rings (SSSR count). The van der Waals surface area contributed by atoms with Crippen LogP contribution in [0, 0.1) is 0 Å². The number of ether oxygens (including phenoxy) is 2. The van der Waals surface area contributed by atoms with Gasteiger partial charge in [-0.15, -0.1) is 4.40 Å². The molecule has 25 heavy (non-hydrogen) atoms. The van der Waals surface area contributed by atoms with Crippen molar-refractivity contribution in [3.05, 3.63) is 47.3 Å². The first-order valence-corrected chi connectivity index (χ1v) is 9.87. The number of benzene rings is 2. The summed E-state index contributed by atoms with van der Waals surface area (Å²) in [6.07, 6.45) is 0. The van der Waals surface area contributed by atoms with Crippen LogP contribution >= 0.6 is 11.3 Å². The summed E-state index contributed by atoms with van der Waals surface area (Å²) < 4.78 is 42.6. The van der Waals surface area contributed by atoms with E-state index in [1.54, 1.807) is 32.4 Å². The Kier molecular flexibility index (Phi) is 4.82. The van der Waals surface area contributed by atoms with Gasteiger partial charge < -0.3 is 14.0 Å². The molecule has 0 saturated heterocycles. The molecule has 1 heterocycles. The van der Waals surface area contributed by atoms with Crippen LogP contribution in [0.3, 0.4) is 0 Å². The predicted molar refractivity (Wildman–Crippen MR) is 97.8 cm³/mol. The fraction of sp³-hybridized carbons (Fsp3) is 0.235. The predicted octanol–water partition coefficient (Wildman–Crippen LogP) is 3.03. The van der Waals surface area contributed by atoms with Gasteiger partial charge in [0.2, 0.25) is 4.80 Å². The Morgan fingerprint density at radius 3 is 2.32 bits per heavy atom. The fourth-order valence-corrected chi connectivity index (χ4v) is 4.85. The Morgan fingerprint density at radius 1 is 1.08 bits per heavy atom. The molecular weight excluding hydrogens is 360 g/mol. The number of fused-ring (bicyclic) bond motifs is 1. The zero-order valence-electron chi connectivity index (χ0n) is 14.1. The van der Waals surface area contributed by atoms with Crippen molar-refractivity contribution in [2.75, 3.05) is 14.2 Å². The summed E-state index contributed by atoms with van der Waals surface area (Å²) in [6, 6.07) is 11.9. The van der Waals surface area contributed by atoms with Gasteiger partial charge in [0, 0.05) is 18.7 Å². The van der Waals surface area contributed by atoms with Crippen LogP contribution in [0.25, 0.3) is 10.2 Å². The molecule has 0 atom stereocenters. The van der Waals surface area contributed by atoms with Gasteiger partial charge >= 0.3 is 0 Å². The first-order chi connectivity index (χ1) is 12.0. The van der Waals surface area contributed by atoms with Crippen LogP contribution in [0.4, 0.5) is 0 Å². The summed E-state index contributed by atoms with van der Waals surface area (Å²) in [5, 5.41) is 0. The summed E-state index contributed by atoms with van der Waals surface area (Å²) in [6.45, 7) is 2.52. The lowest BCUT2D eigenvalue weighted by molar-refractivity contribution is 0.355. The molecular formula is C17H18N2O4S2. The number of thiazole rings is 1. The van der Waals surface area contributed by atoms with Crippen molar-refractivity contribution in [1.82, 2.24) is 4.57 Å². The number of hydrogen-bond acceptors (Lipinski definition) is 5. The van der Waals surface area contributed by atoms with Crippen molar-refractivity contribution in [1.29, 1.82) is 0 Å². The minimum absolute atomic E-state index is 0.172. The van der Waals surface area contributed by atoms with Crippen molar-refractivity contribution in [3.63, 3.8) is 0 Å². The van der Waals surface area contributed by atoms with E-state index in [-0.39, 0.29) is 4.90 Å². The maximum Gasteiger partial charge on any atom is 0.285 e. The van der Waals surface area contributed by atoms with Gasteiger partial charge in [0.15, 0.2) is 11.5 Å². The lowest BCUT2D eigenvalue weighted by Gasteiger charge is -2.08. The quantitative estimate of drug-likeness (QED) is 0.684. The number of aryl methyl sites for hydroxylation is 1. The van der Waals surface area contributed by atoms with Crippen molar-refractivity contribution in [2.24, 2.45) is 4.40 Å². The number of rotatable bonds is 5. The van der Waals surface area contributed by atoms with Gasteiger partial charge in [-0.05, 0) is 19.1 Å². The van der Waals surface area contributed by atoms with Crippen LogP contribution in [-0.4, -0.2) is 27.2 Å². The largest absolute Gasteiger partial charge is 0.493 e. The number of sulfonamides is 1. The second-order valence-electron chi connectivity index (χ2n) is 5.18. The van der Waals surface area contributed by atoms with Gasteiger partial charge in [0.25, 0.3) is 10.0 Å². The molecule has 0 radical (unpaired) electrons. The van der Waals surface area contributed by atoms with Crippen LogP contribution in [0.1, 0.15) is 6.92 Å². The lowest BCUT2D eigenvalue weighted by atomic mass is 10.3. The number of methoxy groups -OCH3 is 2. The lowest BCUT2D eigenvalue weighted by Crippen LogP contribution is -2.16. The van der Waals surface area contributed by atoms with E-state index in [0.29, 0.717) is 22.8 Å². The Bertz CT molecular complexity index is 1070. The van der Waals surface area contributed by atoms with Crippen molar-refractivity contribution in [3.8, 4) is 11.5 Å². The Balaban J connectivity index is 2.26. The molecule has 132 valence electrons. The minimum atomic E-state index is -3.77. The van der Waals surface area contributed by atoms with E-state index in [0.717, 1.165) is 10.2 Å². The van der Waals surface area contributed by atoms with Crippen molar-refractivity contribution >= 4 is 31.6 Å². The van der Waals surface area contributed by atoms with Crippen LogP contribution in [0.15, 0.2) is 51.8 Å². The molecule has 0 unspecified atom stereocenters. The molecule has 0 N–H and O–H groups in total. The van der Waals surface area contributed by atoms with Gasteiger partial charge in [-0.25, -0.2) is 0 Å². The van der Waals surface area contributed by atoms with Crippen LogP contribution in [-0.2, 0) is 16.6 Å². The Labute approximate surface area is 150 Å². The highest BCUT2D eigenvalue weighted by Crippen LogP contribution is 2.33. The second-order valence-corrected chi connectivity index (χ2v) is 7.80. The van der Waals surface area contributed by atoms with E-state index < -0.39 is 10.0 Å². The standard InChI is InChI=1S/C17H18N2O4S2/c1-4-19-13-10-14(22-2)15(23-3)11-16(13)24-17(19)18-25(20,21)12-8-6-5-7-9-12/h5-11H,4H2,1-3H3/b18-17-. The summed E-state index contributed by atoms with van der Waals surface area (Å²) in [5.41, 5.74) is 0.854. The van der Waals surface area contributed by atoms with E-state index in [2.05, 4.69) is 4.40 Å². The van der Waals surface area contributed by atoms with Crippen LogP contribution < -0.4 is 14.3 Å². The second kappa shape index (κ2) is 6.89. The van der Waals surface area contributed by atoms with Crippen molar-refractivity contribution in [2.45, 2.75) is 18.4 Å². The van der Waals surface area contributed by atoms with Crippen LogP contribution in [0.5, 0.6) is 11.5 Å². The average molecular weight is 378 g/mol. The van der Waals surface area contributed by atoms with E-state index >= 15 is 0 Å². The first kappa shape index (κ1) is 17.5. The SMILES string of the molecule is CCn1/c(=N/S(=O)(=O)c2ccccc2)sc2cc(OC)c(OC)cc21. The number of aromatic nitrogens is 1. The molecule has 0 spiro atoms. The smallest absolute Gasteiger partial charge is 0.285 e. The zero-order valence-corrected chi connectivity index (χ0v) is 15.7. The highest BCUT2D eigenvalue weighted by molar-refractivity contribution is 7.90. The molecule has 3 aromatic rings. The minimum Gasteiger partial charge on any atom is -0.493 e. The fourth-order valence-electron chi connectivity index (χ4n) is 2.52. The molecule has 1 aromatic heterocycles. The first-order valence-electron chi connectivity index (χ1n) is 7.61. The summed E-state index contributed by atoms with van der Waals surface area (Å²) >= 11 is 1.30. The maximum atomic E-state index is 12.6. The highest BCUT2D eigenvalue weighted by atomic mass is 32.2. The normalized spacial score (nSPS) is 12.5. The topological polar surface area (TPSA) is 69.9 Å². The highest BCUT2D eigenvalue weighted by Gasteiger charge is 2.15. The molecule has 2 aromatic carbocycles. The summed E-state index contributed by atoms with van der Waals surface area (Å²) in [7, 11) is -0.640. The van der Waals surface area contributed by atoms with E-state index in [9.17, 15) is 8.42 Å². The molecule has 0 aliphatic carbocycles. The Hall–Kier alpha value is -2.32. The van der Waals surface area contributed by atoms with Gasteiger partial charge in [0.05, 0.1) is 29.3 Å². The van der Waals surface area contributed by atoms with Crippen molar-refractivity contribution < 1.29 is 17.9 Å². The van der Waals surface area contributed by atoms with E-state index in [1.807, 2.05) is 23.6 Å². The average Bonchev–Trinajstić information content (AvgIpc) is 2.96. The third kappa shape index (κ3) is 3.27. The molecule has 0 fully saturated rings. The van der Waals surface area contributed by atoms with Crippen LogP contribution in [0.2, 0.25) is 0 Å². The molecule has 0 amide bonds. The monoisotopic (exact) mass is 378 g/mol. The summed E-state index contributed by atoms with van der Waals surface area (Å²) in [4.78, 5) is 0.585. The van der Waals surface area contributed by atoms with Gasteiger partial charge in [-0.1, -0.05) is 29.5 Å².